The van der Waals surface area contributed by atoms with E-state index in [1.165, 1.54) is 31.1 Å². The van der Waals surface area contributed by atoms with Crippen LogP contribution in [0.4, 0.5) is 0 Å². The predicted octanol–water partition coefficient (Wildman–Crippen LogP) is 1.36. The molecule has 0 N–H and O–H groups in total. The number of carbonyl (C=O) groups is 1. The molecular weight excluding hydrogens is 158 g/mol. The predicted molar refractivity (Wildman–Crippen MR) is 48.8 cm³/mol. The van der Waals surface area contributed by atoms with Crippen molar-refractivity contribution < 1.29 is 4.79 Å². The van der Waals surface area contributed by atoms with Gasteiger partial charge in [-0.15, -0.1) is 0 Å². The van der Waals surface area contributed by atoms with E-state index in [9.17, 15) is 4.79 Å². The van der Waals surface area contributed by atoms with Gasteiger partial charge < -0.3 is 4.90 Å². The molecule has 11 heavy (non-hydrogen) atoms. The van der Waals surface area contributed by atoms with E-state index in [1.54, 1.807) is 6.92 Å². The largest absolute Gasteiger partial charge is 0.305 e. The molecule has 0 radical (unpaired) electrons. The van der Waals surface area contributed by atoms with Crippen LogP contribution in [0.5, 0.6) is 0 Å². The van der Waals surface area contributed by atoms with Gasteiger partial charge in [-0.1, -0.05) is 11.8 Å². The van der Waals surface area contributed by atoms with Gasteiger partial charge in [-0.2, -0.15) is 0 Å². The number of nitrogens with zero attached hydrogens (tertiary/aromatic N) is 1. The second-order valence-electron chi connectivity index (χ2n) is 3.14. The SMILES string of the molecule is CC(=O)S[C@@H]1CCCN(C)C1. The zero-order chi connectivity index (χ0) is 8.27. The lowest BCUT2D eigenvalue weighted by Crippen LogP contribution is -2.34. The van der Waals surface area contributed by atoms with Crippen molar-refractivity contribution in [2.45, 2.75) is 25.0 Å². The second-order valence-corrected chi connectivity index (χ2v) is 4.61. The van der Waals surface area contributed by atoms with E-state index in [0.29, 0.717) is 5.25 Å². The van der Waals surface area contributed by atoms with Crippen molar-refractivity contribution in [1.82, 2.24) is 4.90 Å². The molecule has 0 aliphatic carbocycles. The van der Waals surface area contributed by atoms with Gasteiger partial charge in [0.25, 0.3) is 0 Å². The Kier molecular flexibility index (Phi) is 3.40. The molecule has 3 heteroatoms. The van der Waals surface area contributed by atoms with Crippen LogP contribution in [0.1, 0.15) is 19.8 Å². The number of hydrogen-bond acceptors (Lipinski definition) is 3. The van der Waals surface area contributed by atoms with Crippen molar-refractivity contribution in [2.24, 2.45) is 0 Å². The molecule has 0 unspecified atom stereocenters. The third-order valence-corrected chi connectivity index (χ3v) is 2.96. The van der Waals surface area contributed by atoms with E-state index < -0.39 is 0 Å². The fourth-order valence-corrected chi connectivity index (χ4v) is 2.53. The summed E-state index contributed by atoms with van der Waals surface area (Å²) in [5.41, 5.74) is 0. The Hall–Kier alpha value is -0.0200. The van der Waals surface area contributed by atoms with Gasteiger partial charge in [0, 0.05) is 18.7 Å². The molecule has 64 valence electrons. The normalized spacial score (nSPS) is 26.9. The standard InChI is InChI=1S/C8H15NOS/c1-7(10)11-8-4-3-5-9(2)6-8/h8H,3-6H2,1-2H3/t8-/m1/s1. The molecule has 0 aromatic heterocycles. The highest BCUT2D eigenvalue weighted by molar-refractivity contribution is 8.14. The Balaban J connectivity index is 2.28. The van der Waals surface area contributed by atoms with Gasteiger partial charge in [0.15, 0.2) is 5.12 Å². The second kappa shape index (κ2) is 4.12. The highest BCUT2D eigenvalue weighted by atomic mass is 32.2. The number of piperidine rings is 1. The molecule has 1 aliphatic rings. The first-order valence-corrected chi connectivity index (χ1v) is 4.92. The third-order valence-electron chi connectivity index (χ3n) is 1.91. The summed E-state index contributed by atoms with van der Waals surface area (Å²) >= 11 is 1.50. The zero-order valence-electron chi connectivity index (χ0n) is 7.17. The maximum Gasteiger partial charge on any atom is 0.186 e. The van der Waals surface area contributed by atoms with Crippen LogP contribution >= 0.6 is 11.8 Å². The average molecular weight is 173 g/mol. The zero-order valence-corrected chi connectivity index (χ0v) is 7.99. The van der Waals surface area contributed by atoms with Crippen LogP contribution in [0.25, 0.3) is 0 Å². The molecule has 2 nitrogen and oxygen atoms in total. The Labute approximate surface area is 72.3 Å². The van der Waals surface area contributed by atoms with Gasteiger partial charge in [-0.25, -0.2) is 0 Å². The number of rotatable bonds is 1. The lowest BCUT2D eigenvalue weighted by Gasteiger charge is -2.28. The molecule has 0 saturated carbocycles. The van der Waals surface area contributed by atoms with Crippen molar-refractivity contribution in [1.29, 1.82) is 0 Å². The molecule has 0 amide bonds. The van der Waals surface area contributed by atoms with Crippen molar-refractivity contribution in [3.05, 3.63) is 0 Å². The summed E-state index contributed by atoms with van der Waals surface area (Å²) in [5, 5.41) is 0.802. The van der Waals surface area contributed by atoms with Crippen LogP contribution in [0.15, 0.2) is 0 Å². The Morgan fingerprint density at radius 3 is 2.91 bits per heavy atom. The molecule has 1 rings (SSSR count). The van der Waals surface area contributed by atoms with Crippen LogP contribution in [0, 0.1) is 0 Å². The molecule has 1 heterocycles. The Bertz CT molecular complexity index is 149. The van der Waals surface area contributed by atoms with Crippen LogP contribution in [-0.4, -0.2) is 35.4 Å². The molecular formula is C8H15NOS. The van der Waals surface area contributed by atoms with E-state index in [1.807, 2.05) is 0 Å². The molecule has 0 spiro atoms. The molecule has 1 atom stereocenters. The van der Waals surface area contributed by atoms with Gasteiger partial charge in [-0.05, 0) is 26.4 Å². The van der Waals surface area contributed by atoms with Crippen LogP contribution < -0.4 is 0 Å². The highest BCUT2D eigenvalue weighted by Gasteiger charge is 2.18. The molecule has 1 saturated heterocycles. The van der Waals surface area contributed by atoms with E-state index in [4.69, 9.17) is 0 Å². The summed E-state index contributed by atoms with van der Waals surface area (Å²) in [6.07, 6.45) is 2.44. The monoisotopic (exact) mass is 173 g/mol. The minimum atomic E-state index is 0.255. The summed E-state index contributed by atoms with van der Waals surface area (Å²) in [5.74, 6) is 0. The Morgan fingerprint density at radius 1 is 1.64 bits per heavy atom. The summed E-state index contributed by atoms with van der Waals surface area (Å²) in [6.45, 7) is 3.92. The quantitative estimate of drug-likeness (QED) is 0.597. The number of thioether (sulfide) groups is 1. The number of carbonyl (C=O) groups excluding carboxylic acids is 1. The average Bonchev–Trinajstić information content (AvgIpc) is 1.85. The lowest BCUT2D eigenvalue weighted by molar-refractivity contribution is -0.109. The van der Waals surface area contributed by atoms with Crippen molar-refractivity contribution >= 4 is 16.9 Å². The molecule has 1 fully saturated rings. The van der Waals surface area contributed by atoms with Crippen molar-refractivity contribution in [3.8, 4) is 0 Å². The van der Waals surface area contributed by atoms with Crippen molar-refractivity contribution in [2.75, 3.05) is 20.1 Å². The summed E-state index contributed by atoms with van der Waals surface area (Å²) < 4.78 is 0. The first kappa shape index (κ1) is 9.07. The molecule has 0 bridgehead atoms. The molecule has 0 aromatic carbocycles. The maximum atomic E-state index is 10.8. The van der Waals surface area contributed by atoms with Crippen LogP contribution in [0.3, 0.4) is 0 Å². The molecule has 0 aromatic rings. The summed E-state index contributed by atoms with van der Waals surface area (Å²) in [7, 11) is 2.12. The van der Waals surface area contributed by atoms with E-state index in [0.717, 1.165) is 6.54 Å². The van der Waals surface area contributed by atoms with Crippen molar-refractivity contribution in [3.63, 3.8) is 0 Å². The topological polar surface area (TPSA) is 20.3 Å². The first-order valence-electron chi connectivity index (χ1n) is 4.04. The first-order chi connectivity index (χ1) is 5.18. The fraction of sp³-hybridized carbons (Fsp3) is 0.875. The number of hydrogen-bond donors (Lipinski definition) is 0. The maximum absolute atomic E-state index is 10.8. The van der Waals surface area contributed by atoms with Crippen LogP contribution in [-0.2, 0) is 4.79 Å². The minimum Gasteiger partial charge on any atom is -0.305 e. The number of likely N-dealkylation sites (tertiary alicyclic amines) is 1. The van der Waals surface area contributed by atoms with Gasteiger partial charge in [0.1, 0.15) is 0 Å². The molecule has 1 aliphatic heterocycles. The van der Waals surface area contributed by atoms with Gasteiger partial charge in [-0.3, -0.25) is 4.79 Å². The van der Waals surface area contributed by atoms with E-state index in [-0.39, 0.29) is 5.12 Å². The highest BCUT2D eigenvalue weighted by Crippen LogP contribution is 2.21. The van der Waals surface area contributed by atoms with Gasteiger partial charge in [0.2, 0.25) is 0 Å². The third kappa shape index (κ3) is 3.25. The minimum absolute atomic E-state index is 0.255. The lowest BCUT2D eigenvalue weighted by atomic mass is 10.1. The van der Waals surface area contributed by atoms with E-state index >= 15 is 0 Å². The summed E-state index contributed by atoms with van der Waals surface area (Å²) in [4.78, 5) is 13.1. The van der Waals surface area contributed by atoms with Gasteiger partial charge in [0.05, 0.1) is 0 Å². The van der Waals surface area contributed by atoms with E-state index in [2.05, 4.69) is 11.9 Å². The Morgan fingerprint density at radius 2 is 2.36 bits per heavy atom. The smallest absolute Gasteiger partial charge is 0.186 e. The van der Waals surface area contributed by atoms with Gasteiger partial charge >= 0.3 is 0 Å². The fourth-order valence-electron chi connectivity index (χ4n) is 1.45. The van der Waals surface area contributed by atoms with Crippen LogP contribution in [0.2, 0.25) is 0 Å². The summed E-state index contributed by atoms with van der Waals surface area (Å²) in [6, 6.07) is 0.